The van der Waals surface area contributed by atoms with Crippen LogP contribution in [0.2, 0.25) is 0 Å². The van der Waals surface area contributed by atoms with Crippen LogP contribution in [0, 0.1) is 6.92 Å². The number of aromatic nitrogens is 1. The van der Waals surface area contributed by atoms with Crippen LogP contribution in [0.25, 0.3) is 17.2 Å². The van der Waals surface area contributed by atoms with Crippen molar-refractivity contribution < 1.29 is 14.0 Å². The third-order valence-corrected chi connectivity index (χ3v) is 7.19. The molecule has 1 aromatic heterocycles. The van der Waals surface area contributed by atoms with E-state index in [0.717, 1.165) is 52.2 Å². The van der Waals surface area contributed by atoms with Gasteiger partial charge in [0.15, 0.2) is 0 Å². The maximum Gasteiger partial charge on any atom is 0.253 e. The van der Waals surface area contributed by atoms with Gasteiger partial charge in [0.1, 0.15) is 6.17 Å². The van der Waals surface area contributed by atoms with Gasteiger partial charge in [-0.15, -0.1) is 0 Å². The summed E-state index contributed by atoms with van der Waals surface area (Å²) >= 11 is 0. The highest BCUT2D eigenvalue weighted by Crippen LogP contribution is 2.32. The zero-order chi connectivity index (χ0) is 30.1. The lowest BCUT2D eigenvalue weighted by Gasteiger charge is -2.35. The van der Waals surface area contributed by atoms with Crippen LogP contribution in [0.15, 0.2) is 66.4 Å². The van der Waals surface area contributed by atoms with Crippen LogP contribution in [-0.4, -0.2) is 66.5 Å². The first-order valence-electron chi connectivity index (χ1n) is 14.3. The normalized spacial score (nSPS) is 17.3. The standard InChI is InChI=1S/C32H37FN4O2.C2H6/c1-21(18-30-22(2)34-16-14-28(30)24-10-12-27(13-11-24)35-23(3)38)19-37-17-15-29(31(33)20-37)25-6-8-26(9-7-25)32(39)36(4)5;1-2/h6-14,16,18,29,31H,15,17,19-20H2,1-5H3,(H,35,38);1-2H3/b21-18+;. The van der Waals surface area contributed by atoms with Gasteiger partial charge in [0.25, 0.3) is 5.91 Å². The number of carbonyl (C=O) groups is 2. The molecule has 1 N–H and O–H groups in total. The summed E-state index contributed by atoms with van der Waals surface area (Å²) in [5.41, 5.74) is 7.53. The van der Waals surface area contributed by atoms with E-state index in [1.165, 1.54) is 6.92 Å². The fourth-order valence-electron chi connectivity index (χ4n) is 5.21. The van der Waals surface area contributed by atoms with Gasteiger partial charge in [0, 0.05) is 68.7 Å². The number of piperidine rings is 1. The Morgan fingerprint density at radius 1 is 1.05 bits per heavy atom. The number of benzene rings is 2. The minimum absolute atomic E-state index is 0.0514. The van der Waals surface area contributed by atoms with E-state index in [-0.39, 0.29) is 17.7 Å². The lowest BCUT2D eigenvalue weighted by atomic mass is 9.87. The number of alkyl halides is 1. The smallest absolute Gasteiger partial charge is 0.253 e. The van der Waals surface area contributed by atoms with E-state index in [1.807, 2.05) is 63.2 Å². The molecular formula is C34H43FN4O2. The molecule has 2 unspecified atom stereocenters. The topological polar surface area (TPSA) is 65.5 Å². The molecule has 1 saturated heterocycles. The number of amides is 2. The van der Waals surface area contributed by atoms with E-state index >= 15 is 4.39 Å². The minimum atomic E-state index is -0.972. The lowest BCUT2D eigenvalue weighted by molar-refractivity contribution is -0.114. The Morgan fingerprint density at radius 3 is 2.29 bits per heavy atom. The van der Waals surface area contributed by atoms with Crippen LogP contribution in [-0.2, 0) is 4.79 Å². The SMILES string of the molecule is CC.CC(=O)Nc1ccc(-c2ccnc(C)c2/C=C(\C)CN2CCC(c3ccc(C(=O)N(C)C)cc3)C(F)C2)cc1. The van der Waals surface area contributed by atoms with Crippen molar-refractivity contribution in [3.8, 4) is 11.1 Å². The maximum absolute atomic E-state index is 15.3. The number of rotatable bonds is 7. The predicted octanol–water partition coefficient (Wildman–Crippen LogP) is 6.97. The highest BCUT2D eigenvalue weighted by Gasteiger charge is 2.30. The molecule has 1 fully saturated rings. The van der Waals surface area contributed by atoms with E-state index < -0.39 is 6.17 Å². The quantitative estimate of drug-likeness (QED) is 0.340. The van der Waals surface area contributed by atoms with E-state index in [4.69, 9.17) is 0 Å². The summed E-state index contributed by atoms with van der Waals surface area (Å²) in [5, 5.41) is 2.80. The second-order valence-electron chi connectivity index (χ2n) is 10.6. The summed E-state index contributed by atoms with van der Waals surface area (Å²) in [7, 11) is 3.45. The largest absolute Gasteiger partial charge is 0.345 e. The zero-order valence-corrected chi connectivity index (χ0v) is 25.4. The van der Waals surface area contributed by atoms with E-state index in [0.29, 0.717) is 18.7 Å². The number of anilines is 1. The lowest BCUT2D eigenvalue weighted by Crippen LogP contribution is -2.41. The van der Waals surface area contributed by atoms with Crippen molar-refractivity contribution in [3.05, 3.63) is 88.8 Å². The van der Waals surface area contributed by atoms with Gasteiger partial charge >= 0.3 is 0 Å². The van der Waals surface area contributed by atoms with Gasteiger partial charge in [-0.3, -0.25) is 19.5 Å². The Balaban J connectivity index is 0.00000226. The van der Waals surface area contributed by atoms with Crippen LogP contribution in [0.3, 0.4) is 0 Å². The predicted molar refractivity (Wildman–Crippen MR) is 167 cm³/mol. The number of hydrogen-bond donors (Lipinski definition) is 1. The van der Waals surface area contributed by atoms with Crippen LogP contribution < -0.4 is 5.32 Å². The Bertz CT molecular complexity index is 1350. The third-order valence-electron chi connectivity index (χ3n) is 7.19. The number of pyridine rings is 1. The average Bonchev–Trinajstić information content (AvgIpc) is 2.95. The maximum atomic E-state index is 15.3. The fraction of sp³-hybridized carbons (Fsp3) is 0.382. The van der Waals surface area contributed by atoms with Gasteiger partial charge in [0.2, 0.25) is 5.91 Å². The fourth-order valence-corrected chi connectivity index (χ4v) is 5.21. The zero-order valence-electron chi connectivity index (χ0n) is 25.4. The molecular weight excluding hydrogens is 515 g/mol. The van der Waals surface area contributed by atoms with E-state index in [2.05, 4.69) is 28.2 Å². The molecule has 0 radical (unpaired) electrons. The molecule has 0 saturated carbocycles. The van der Waals surface area contributed by atoms with E-state index in [1.54, 1.807) is 37.3 Å². The molecule has 2 amide bonds. The van der Waals surface area contributed by atoms with Gasteiger partial charge in [-0.25, -0.2) is 4.39 Å². The number of halogens is 1. The molecule has 0 bridgehead atoms. The van der Waals surface area contributed by atoms with Crippen molar-refractivity contribution in [2.75, 3.05) is 39.0 Å². The number of nitrogens with zero attached hydrogens (tertiary/aromatic N) is 3. The molecule has 7 heteroatoms. The molecule has 1 aliphatic rings. The number of hydrogen-bond acceptors (Lipinski definition) is 4. The van der Waals surface area contributed by atoms with Crippen LogP contribution >= 0.6 is 0 Å². The van der Waals surface area contributed by atoms with Gasteiger partial charge in [0.05, 0.1) is 0 Å². The molecule has 2 aromatic carbocycles. The minimum Gasteiger partial charge on any atom is -0.345 e. The summed E-state index contributed by atoms with van der Waals surface area (Å²) < 4.78 is 15.3. The number of carbonyl (C=O) groups excluding carboxylic acids is 2. The Kier molecular flexibility index (Phi) is 11.4. The molecule has 0 spiro atoms. The second kappa shape index (κ2) is 14.7. The summed E-state index contributed by atoms with van der Waals surface area (Å²) in [4.78, 5) is 31.7. The van der Waals surface area contributed by atoms with Gasteiger partial charge in [-0.2, -0.15) is 0 Å². The Labute approximate surface area is 244 Å². The Hall–Kier alpha value is -3.84. The number of aryl methyl sites for hydroxylation is 1. The van der Waals surface area contributed by atoms with Crippen molar-refractivity contribution in [1.29, 1.82) is 0 Å². The molecule has 6 nitrogen and oxygen atoms in total. The molecule has 218 valence electrons. The summed E-state index contributed by atoms with van der Waals surface area (Å²) in [5.74, 6) is -0.318. The van der Waals surface area contributed by atoms with Crippen LogP contribution in [0.4, 0.5) is 10.1 Å². The monoisotopic (exact) mass is 558 g/mol. The molecule has 41 heavy (non-hydrogen) atoms. The number of likely N-dealkylation sites (tertiary alicyclic amines) is 1. The summed E-state index contributed by atoms with van der Waals surface area (Å²) in [6.07, 6.45) is 3.71. The van der Waals surface area contributed by atoms with Crippen LogP contribution in [0.1, 0.15) is 67.2 Å². The van der Waals surface area contributed by atoms with Crippen molar-refractivity contribution in [1.82, 2.24) is 14.8 Å². The van der Waals surface area contributed by atoms with Gasteiger partial charge in [-0.05, 0) is 73.8 Å². The van der Waals surface area contributed by atoms with Gasteiger partial charge in [-0.1, -0.05) is 49.8 Å². The van der Waals surface area contributed by atoms with Crippen molar-refractivity contribution >= 4 is 23.6 Å². The molecule has 3 aromatic rings. The first kappa shape index (κ1) is 31.7. The van der Waals surface area contributed by atoms with E-state index in [9.17, 15) is 9.59 Å². The second-order valence-corrected chi connectivity index (χ2v) is 10.6. The third kappa shape index (κ3) is 8.33. The first-order valence-corrected chi connectivity index (χ1v) is 14.3. The van der Waals surface area contributed by atoms with Crippen molar-refractivity contribution in [2.45, 2.75) is 53.1 Å². The van der Waals surface area contributed by atoms with Gasteiger partial charge < -0.3 is 10.2 Å². The average molecular weight is 559 g/mol. The molecule has 2 heterocycles. The summed E-state index contributed by atoms with van der Waals surface area (Å²) in [6.45, 7) is 11.4. The number of nitrogens with one attached hydrogen (secondary N) is 1. The molecule has 4 rings (SSSR count). The highest BCUT2D eigenvalue weighted by atomic mass is 19.1. The molecule has 0 aliphatic carbocycles. The molecule has 2 atom stereocenters. The molecule has 1 aliphatic heterocycles. The first-order chi connectivity index (χ1) is 19.6. The van der Waals surface area contributed by atoms with Crippen LogP contribution in [0.5, 0.6) is 0 Å². The van der Waals surface area contributed by atoms with Crippen molar-refractivity contribution in [3.63, 3.8) is 0 Å². The Morgan fingerprint density at radius 2 is 1.71 bits per heavy atom. The summed E-state index contributed by atoms with van der Waals surface area (Å²) in [6, 6.07) is 17.2. The highest BCUT2D eigenvalue weighted by molar-refractivity contribution is 5.93. The van der Waals surface area contributed by atoms with Crippen molar-refractivity contribution in [2.24, 2.45) is 0 Å².